The number of nitrogens with one attached hydrogen (secondary N) is 2. The number of nitrogens with zero attached hydrogens (tertiary/aromatic N) is 2. The lowest BCUT2D eigenvalue weighted by atomic mass is 9.94. The van der Waals surface area contributed by atoms with Crippen molar-refractivity contribution < 1.29 is 4.79 Å². The zero-order valence-electron chi connectivity index (χ0n) is 14.6. The second kappa shape index (κ2) is 7.60. The molecule has 0 aliphatic heterocycles. The lowest BCUT2D eigenvalue weighted by molar-refractivity contribution is -0.121. The summed E-state index contributed by atoms with van der Waals surface area (Å²) in [7, 11) is 0. The molecule has 3 rings (SSSR count). The average molecular weight is 326 g/mol. The average Bonchev–Trinajstić information content (AvgIpc) is 3.01. The Hall–Kier alpha value is -2.17. The van der Waals surface area contributed by atoms with Gasteiger partial charge in [-0.15, -0.1) is 0 Å². The zero-order chi connectivity index (χ0) is 16.9. The molecular weight excluding hydrogens is 300 g/mol. The van der Waals surface area contributed by atoms with Gasteiger partial charge in [-0.2, -0.15) is 5.10 Å². The third-order valence-corrected chi connectivity index (χ3v) is 4.77. The summed E-state index contributed by atoms with van der Waals surface area (Å²) in [6.07, 6.45) is 8.45. The molecule has 128 valence electrons. The van der Waals surface area contributed by atoms with Gasteiger partial charge in [-0.3, -0.25) is 14.9 Å². The van der Waals surface area contributed by atoms with Gasteiger partial charge < -0.3 is 5.32 Å². The highest BCUT2D eigenvalue weighted by atomic mass is 16.1. The first-order chi connectivity index (χ1) is 11.7. The van der Waals surface area contributed by atoms with Crippen LogP contribution in [-0.2, 0) is 24.1 Å². The van der Waals surface area contributed by atoms with Gasteiger partial charge in [0, 0.05) is 24.7 Å². The van der Waals surface area contributed by atoms with E-state index in [-0.39, 0.29) is 11.9 Å². The molecule has 0 unspecified atom stereocenters. The molecule has 2 heterocycles. The fourth-order valence-corrected chi connectivity index (χ4v) is 3.39. The molecular formula is C19H26N4O. The molecule has 0 saturated carbocycles. The Balaban J connectivity index is 1.58. The van der Waals surface area contributed by atoms with E-state index < -0.39 is 0 Å². The Kier molecular flexibility index (Phi) is 5.28. The van der Waals surface area contributed by atoms with Crippen molar-refractivity contribution in [2.24, 2.45) is 0 Å². The topological polar surface area (TPSA) is 70.7 Å². The van der Waals surface area contributed by atoms with Crippen molar-refractivity contribution in [1.29, 1.82) is 0 Å². The lowest BCUT2D eigenvalue weighted by Gasteiger charge is -2.17. The summed E-state index contributed by atoms with van der Waals surface area (Å²) in [6, 6.07) is 3.99. The number of hydrogen-bond acceptors (Lipinski definition) is 3. The predicted octanol–water partition coefficient (Wildman–Crippen LogP) is 3.19. The molecule has 24 heavy (non-hydrogen) atoms. The third kappa shape index (κ3) is 3.83. The number of aromatic amines is 1. The van der Waals surface area contributed by atoms with E-state index >= 15 is 0 Å². The van der Waals surface area contributed by atoms with E-state index in [2.05, 4.69) is 27.4 Å². The summed E-state index contributed by atoms with van der Waals surface area (Å²) in [6.45, 7) is 4.11. The molecule has 5 nitrogen and oxygen atoms in total. The van der Waals surface area contributed by atoms with Crippen LogP contribution in [0.2, 0.25) is 0 Å². The predicted molar refractivity (Wildman–Crippen MR) is 93.7 cm³/mol. The van der Waals surface area contributed by atoms with E-state index in [1.54, 1.807) is 6.20 Å². The van der Waals surface area contributed by atoms with Crippen LogP contribution in [0.3, 0.4) is 0 Å². The molecule has 0 aromatic carbocycles. The van der Waals surface area contributed by atoms with Crippen molar-refractivity contribution in [3.63, 3.8) is 0 Å². The van der Waals surface area contributed by atoms with Crippen LogP contribution in [0.25, 0.3) is 0 Å². The summed E-state index contributed by atoms with van der Waals surface area (Å²) < 4.78 is 0. The Morgan fingerprint density at radius 1 is 1.38 bits per heavy atom. The van der Waals surface area contributed by atoms with Gasteiger partial charge >= 0.3 is 0 Å². The van der Waals surface area contributed by atoms with Gasteiger partial charge in [-0.05, 0) is 62.3 Å². The van der Waals surface area contributed by atoms with E-state index in [4.69, 9.17) is 0 Å². The molecule has 1 aliphatic rings. The van der Waals surface area contributed by atoms with E-state index in [1.165, 1.54) is 24.1 Å². The number of hydrogen-bond donors (Lipinski definition) is 2. The van der Waals surface area contributed by atoms with Gasteiger partial charge in [0.15, 0.2) is 0 Å². The summed E-state index contributed by atoms with van der Waals surface area (Å²) in [4.78, 5) is 16.8. The zero-order valence-corrected chi connectivity index (χ0v) is 14.6. The molecule has 0 radical (unpaired) electrons. The minimum atomic E-state index is -0.0227. The number of amides is 1. The van der Waals surface area contributed by atoms with Crippen molar-refractivity contribution >= 4 is 5.91 Å². The number of carbonyl (C=O) groups is 1. The van der Waals surface area contributed by atoms with Crippen LogP contribution >= 0.6 is 0 Å². The molecule has 0 bridgehead atoms. The van der Waals surface area contributed by atoms with Crippen molar-refractivity contribution in [2.45, 2.75) is 64.8 Å². The van der Waals surface area contributed by atoms with Gasteiger partial charge in [-0.1, -0.05) is 6.92 Å². The maximum Gasteiger partial charge on any atom is 0.220 e. The van der Waals surface area contributed by atoms with Crippen molar-refractivity contribution in [3.05, 3.63) is 46.5 Å². The standard InChI is InChI=1S/C19H26N4O/c1-3-15(18-12-13(2)10-11-20-18)21-19(24)9-8-17-14-6-4-5-7-16(14)22-23-17/h10-12,15H,3-9H2,1-2H3,(H,21,24)(H,22,23)/t15-/m0/s1. The van der Waals surface area contributed by atoms with E-state index in [9.17, 15) is 4.79 Å². The lowest BCUT2D eigenvalue weighted by Crippen LogP contribution is -2.29. The van der Waals surface area contributed by atoms with E-state index in [0.29, 0.717) is 12.8 Å². The molecule has 0 spiro atoms. The van der Waals surface area contributed by atoms with Crippen LogP contribution in [0.5, 0.6) is 0 Å². The fourth-order valence-electron chi connectivity index (χ4n) is 3.39. The van der Waals surface area contributed by atoms with Crippen LogP contribution in [0, 0.1) is 6.92 Å². The summed E-state index contributed by atoms with van der Waals surface area (Å²) >= 11 is 0. The minimum Gasteiger partial charge on any atom is -0.348 e. The van der Waals surface area contributed by atoms with E-state index in [0.717, 1.165) is 36.2 Å². The number of fused-ring (bicyclic) bond motifs is 1. The Morgan fingerprint density at radius 2 is 2.21 bits per heavy atom. The molecule has 2 aromatic rings. The van der Waals surface area contributed by atoms with Crippen LogP contribution in [0.15, 0.2) is 18.3 Å². The number of pyridine rings is 1. The quantitative estimate of drug-likeness (QED) is 0.856. The summed E-state index contributed by atoms with van der Waals surface area (Å²) in [5.74, 6) is 0.0673. The number of aromatic nitrogens is 3. The maximum atomic E-state index is 12.4. The molecule has 5 heteroatoms. The largest absolute Gasteiger partial charge is 0.348 e. The highest BCUT2D eigenvalue weighted by molar-refractivity contribution is 5.76. The van der Waals surface area contributed by atoms with Crippen LogP contribution < -0.4 is 5.32 Å². The number of rotatable bonds is 6. The van der Waals surface area contributed by atoms with Crippen molar-refractivity contribution in [2.75, 3.05) is 0 Å². The Morgan fingerprint density at radius 3 is 3.00 bits per heavy atom. The summed E-state index contributed by atoms with van der Waals surface area (Å²) in [5.41, 5.74) is 5.79. The van der Waals surface area contributed by atoms with Gasteiger partial charge in [0.25, 0.3) is 0 Å². The van der Waals surface area contributed by atoms with Crippen molar-refractivity contribution in [3.8, 4) is 0 Å². The molecule has 1 aliphatic carbocycles. The van der Waals surface area contributed by atoms with Gasteiger partial charge in [0.05, 0.1) is 17.4 Å². The first kappa shape index (κ1) is 16.7. The van der Waals surface area contributed by atoms with Crippen LogP contribution in [0.1, 0.15) is 66.9 Å². The molecule has 1 amide bonds. The smallest absolute Gasteiger partial charge is 0.220 e. The SMILES string of the molecule is CC[C@H](NC(=O)CCc1n[nH]c2c1CCCC2)c1cc(C)ccn1. The normalized spacial score (nSPS) is 14.9. The Bertz CT molecular complexity index is 707. The van der Waals surface area contributed by atoms with Gasteiger partial charge in [-0.25, -0.2) is 0 Å². The maximum absolute atomic E-state index is 12.4. The molecule has 0 fully saturated rings. The second-order valence-corrected chi connectivity index (χ2v) is 6.62. The first-order valence-electron chi connectivity index (χ1n) is 8.94. The molecule has 0 saturated heterocycles. The third-order valence-electron chi connectivity index (χ3n) is 4.77. The van der Waals surface area contributed by atoms with Crippen LogP contribution in [0.4, 0.5) is 0 Å². The molecule has 2 aromatic heterocycles. The highest BCUT2D eigenvalue weighted by Gasteiger charge is 2.18. The Labute approximate surface area is 143 Å². The van der Waals surface area contributed by atoms with Crippen molar-refractivity contribution in [1.82, 2.24) is 20.5 Å². The minimum absolute atomic E-state index is 0.0227. The van der Waals surface area contributed by atoms with Crippen LogP contribution in [-0.4, -0.2) is 21.1 Å². The first-order valence-corrected chi connectivity index (χ1v) is 8.94. The van der Waals surface area contributed by atoms with Gasteiger partial charge in [0.1, 0.15) is 0 Å². The number of aryl methyl sites for hydroxylation is 3. The number of carbonyl (C=O) groups excluding carboxylic acids is 1. The van der Waals surface area contributed by atoms with Gasteiger partial charge in [0.2, 0.25) is 5.91 Å². The number of H-pyrrole nitrogens is 1. The summed E-state index contributed by atoms with van der Waals surface area (Å²) in [5, 5.41) is 10.7. The van der Waals surface area contributed by atoms with E-state index in [1.807, 2.05) is 19.1 Å². The highest BCUT2D eigenvalue weighted by Crippen LogP contribution is 2.23. The monoisotopic (exact) mass is 326 g/mol. The second-order valence-electron chi connectivity index (χ2n) is 6.62. The molecule has 2 N–H and O–H groups in total. The molecule has 1 atom stereocenters. The fraction of sp³-hybridized carbons (Fsp3) is 0.526.